The summed E-state index contributed by atoms with van der Waals surface area (Å²) in [7, 11) is 3.48. The highest BCUT2D eigenvalue weighted by Crippen LogP contribution is 2.29. The highest BCUT2D eigenvalue weighted by Gasteiger charge is 2.43. The van der Waals surface area contributed by atoms with Crippen LogP contribution in [0.3, 0.4) is 0 Å². The van der Waals surface area contributed by atoms with Crippen LogP contribution in [0, 0.1) is 11.8 Å². The van der Waals surface area contributed by atoms with Gasteiger partial charge in [-0.3, -0.25) is 19.3 Å². The van der Waals surface area contributed by atoms with Crippen LogP contribution in [0.5, 0.6) is 0 Å². The molecule has 2 amide bonds. The van der Waals surface area contributed by atoms with Gasteiger partial charge in [-0.1, -0.05) is 13.3 Å². The Morgan fingerprint density at radius 3 is 2.32 bits per heavy atom. The standard InChI is InChI=1S/C21H39N3O4/c1-9-10-16(14(2)22-15(3)25)12-24-13-17(19(26)23(7)8)11-18(24)20(27)28-21(4,5)6/h14,16-18H,9-13H2,1-8H3,(H,22,25)/t14?,16-,17?,18?/m0/s1. The van der Waals surface area contributed by atoms with Crippen molar-refractivity contribution in [3.63, 3.8) is 0 Å². The number of ether oxygens (including phenoxy) is 1. The Labute approximate surface area is 170 Å². The normalized spacial score (nSPS) is 22.4. The van der Waals surface area contributed by atoms with Crippen LogP contribution < -0.4 is 5.32 Å². The van der Waals surface area contributed by atoms with Gasteiger partial charge in [0, 0.05) is 40.2 Å². The molecule has 1 aliphatic rings. The Bertz CT molecular complexity index is 556. The van der Waals surface area contributed by atoms with E-state index in [0.29, 0.717) is 19.5 Å². The molecule has 7 heteroatoms. The van der Waals surface area contributed by atoms with Crippen molar-refractivity contribution < 1.29 is 19.1 Å². The minimum absolute atomic E-state index is 0.000312. The maximum Gasteiger partial charge on any atom is 0.323 e. The number of carbonyl (C=O) groups excluding carboxylic acids is 3. The van der Waals surface area contributed by atoms with Gasteiger partial charge in [0.15, 0.2) is 0 Å². The Morgan fingerprint density at radius 2 is 1.86 bits per heavy atom. The third-order valence-electron chi connectivity index (χ3n) is 5.14. The Hall–Kier alpha value is -1.63. The first-order chi connectivity index (χ1) is 12.9. The fourth-order valence-electron chi connectivity index (χ4n) is 3.87. The van der Waals surface area contributed by atoms with Crippen LogP contribution in [0.15, 0.2) is 0 Å². The molecule has 0 spiro atoms. The topological polar surface area (TPSA) is 79.0 Å². The quantitative estimate of drug-likeness (QED) is 0.634. The van der Waals surface area contributed by atoms with E-state index in [0.717, 1.165) is 12.8 Å². The lowest BCUT2D eigenvalue weighted by molar-refractivity contribution is -0.160. The zero-order valence-electron chi connectivity index (χ0n) is 18.9. The van der Waals surface area contributed by atoms with E-state index < -0.39 is 11.6 Å². The van der Waals surface area contributed by atoms with Gasteiger partial charge in [0.2, 0.25) is 11.8 Å². The van der Waals surface area contributed by atoms with Crippen molar-refractivity contribution in [3.8, 4) is 0 Å². The number of likely N-dealkylation sites (tertiary alicyclic amines) is 1. The highest BCUT2D eigenvalue weighted by atomic mass is 16.6. The maximum absolute atomic E-state index is 12.8. The van der Waals surface area contributed by atoms with Gasteiger partial charge >= 0.3 is 5.97 Å². The molecule has 0 aromatic carbocycles. The summed E-state index contributed by atoms with van der Waals surface area (Å²) in [4.78, 5) is 40.5. The molecule has 3 unspecified atom stereocenters. The third-order valence-corrected chi connectivity index (χ3v) is 5.14. The molecule has 0 saturated carbocycles. The molecule has 0 bridgehead atoms. The molecule has 1 N–H and O–H groups in total. The van der Waals surface area contributed by atoms with Crippen molar-refractivity contribution in [2.24, 2.45) is 11.8 Å². The molecule has 0 radical (unpaired) electrons. The van der Waals surface area contributed by atoms with Gasteiger partial charge in [0.1, 0.15) is 11.6 Å². The molecule has 0 aliphatic carbocycles. The van der Waals surface area contributed by atoms with Crippen molar-refractivity contribution in [1.82, 2.24) is 15.1 Å². The number of esters is 1. The Balaban J connectivity index is 3.01. The molecule has 1 fully saturated rings. The van der Waals surface area contributed by atoms with Crippen molar-refractivity contribution in [2.45, 2.75) is 78.5 Å². The van der Waals surface area contributed by atoms with Gasteiger partial charge in [-0.05, 0) is 46.5 Å². The fraction of sp³-hybridized carbons (Fsp3) is 0.857. The monoisotopic (exact) mass is 397 g/mol. The second-order valence-electron chi connectivity index (χ2n) is 9.21. The number of carbonyl (C=O) groups is 3. The number of rotatable bonds is 8. The average molecular weight is 398 g/mol. The molecule has 1 heterocycles. The summed E-state index contributed by atoms with van der Waals surface area (Å²) < 4.78 is 5.63. The predicted molar refractivity (Wildman–Crippen MR) is 110 cm³/mol. The summed E-state index contributed by atoms with van der Waals surface area (Å²) in [5.41, 5.74) is -0.571. The lowest BCUT2D eigenvalue weighted by atomic mass is 9.95. The van der Waals surface area contributed by atoms with Crippen LogP contribution >= 0.6 is 0 Å². The second-order valence-corrected chi connectivity index (χ2v) is 9.21. The summed E-state index contributed by atoms with van der Waals surface area (Å²) in [6, 6.07) is -0.433. The lowest BCUT2D eigenvalue weighted by Gasteiger charge is -2.32. The molecule has 1 aliphatic heterocycles. The zero-order valence-corrected chi connectivity index (χ0v) is 18.9. The third kappa shape index (κ3) is 7.41. The Kier molecular flexibility index (Phi) is 8.92. The largest absolute Gasteiger partial charge is 0.459 e. The van der Waals surface area contributed by atoms with Crippen LogP contribution in [0.1, 0.15) is 60.8 Å². The van der Waals surface area contributed by atoms with E-state index in [1.807, 2.05) is 27.7 Å². The van der Waals surface area contributed by atoms with Crippen molar-refractivity contribution >= 4 is 17.8 Å². The number of amides is 2. The first-order valence-electron chi connectivity index (χ1n) is 10.3. The van der Waals surface area contributed by atoms with Gasteiger partial charge in [0.05, 0.1) is 5.92 Å². The van der Waals surface area contributed by atoms with Crippen LogP contribution in [0.2, 0.25) is 0 Å². The minimum Gasteiger partial charge on any atom is -0.459 e. The fourth-order valence-corrected chi connectivity index (χ4v) is 3.87. The molecule has 1 rings (SSSR count). The smallest absolute Gasteiger partial charge is 0.323 e. The van der Waals surface area contributed by atoms with E-state index in [2.05, 4.69) is 17.1 Å². The van der Waals surface area contributed by atoms with Gasteiger partial charge in [-0.2, -0.15) is 0 Å². The molecule has 0 aromatic heterocycles. The van der Waals surface area contributed by atoms with Gasteiger partial charge in [-0.15, -0.1) is 0 Å². The number of hydrogen-bond donors (Lipinski definition) is 1. The van der Waals surface area contributed by atoms with Crippen LogP contribution in [-0.2, 0) is 19.1 Å². The van der Waals surface area contributed by atoms with Gasteiger partial charge < -0.3 is 15.0 Å². The van der Waals surface area contributed by atoms with Crippen molar-refractivity contribution in [2.75, 3.05) is 27.2 Å². The number of nitrogens with zero attached hydrogens (tertiary/aromatic N) is 2. The summed E-state index contributed by atoms with van der Waals surface area (Å²) in [6.45, 7) is 12.4. The van der Waals surface area contributed by atoms with E-state index in [-0.39, 0.29) is 35.7 Å². The average Bonchev–Trinajstić information content (AvgIpc) is 2.95. The Morgan fingerprint density at radius 1 is 1.25 bits per heavy atom. The van der Waals surface area contributed by atoms with Crippen molar-refractivity contribution in [1.29, 1.82) is 0 Å². The van der Waals surface area contributed by atoms with Gasteiger partial charge in [-0.25, -0.2) is 0 Å². The summed E-state index contributed by atoms with van der Waals surface area (Å²) in [5.74, 6) is -0.306. The van der Waals surface area contributed by atoms with Gasteiger partial charge in [0.25, 0.3) is 0 Å². The van der Waals surface area contributed by atoms with E-state index in [9.17, 15) is 14.4 Å². The zero-order chi connectivity index (χ0) is 21.6. The molecular formula is C21H39N3O4. The molecule has 1 saturated heterocycles. The second kappa shape index (κ2) is 10.2. The molecule has 4 atom stereocenters. The van der Waals surface area contributed by atoms with Crippen molar-refractivity contribution in [3.05, 3.63) is 0 Å². The summed E-state index contributed by atoms with van der Waals surface area (Å²) in [5, 5.41) is 2.98. The van der Waals surface area contributed by atoms with Crippen LogP contribution in [-0.4, -0.2) is 72.5 Å². The summed E-state index contributed by atoms with van der Waals surface area (Å²) >= 11 is 0. The molecule has 0 aromatic rings. The predicted octanol–water partition coefficient (Wildman–Crippen LogP) is 2.05. The minimum atomic E-state index is -0.571. The van der Waals surface area contributed by atoms with E-state index in [1.54, 1.807) is 19.0 Å². The lowest BCUT2D eigenvalue weighted by Crippen LogP contribution is -2.47. The van der Waals surface area contributed by atoms with Crippen LogP contribution in [0.4, 0.5) is 0 Å². The van der Waals surface area contributed by atoms with E-state index in [1.165, 1.54) is 6.92 Å². The summed E-state index contributed by atoms with van der Waals surface area (Å²) in [6.07, 6.45) is 2.39. The highest BCUT2D eigenvalue weighted by molar-refractivity contribution is 5.82. The molecule has 7 nitrogen and oxygen atoms in total. The first kappa shape index (κ1) is 24.4. The maximum atomic E-state index is 12.8. The molecule has 28 heavy (non-hydrogen) atoms. The first-order valence-corrected chi connectivity index (χ1v) is 10.3. The molecule has 162 valence electrons. The van der Waals surface area contributed by atoms with E-state index >= 15 is 0 Å². The van der Waals surface area contributed by atoms with Crippen LogP contribution in [0.25, 0.3) is 0 Å². The number of hydrogen-bond acceptors (Lipinski definition) is 5. The molecular weight excluding hydrogens is 358 g/mol. The SMILES string of the molecule is CCC[C@@H](CN1CC(C(=O)N(C)C)CC1C(=O)OC(C)(C)C)C(C)NC(C)=O. The number of nitrogens with one attached hydrogen (secondary N) is 1. The van der Waals surface area contributed by atoms with E-state index in [4.69, 9.17) is 4.74 Å².